The maximum atomic E-state index is 11.5. The van der Waals surface area contributed by atoms with Crippen molar-refractivity contribution in [2.75, 3.05) is 6.26 Å². The lowest BCUT2D eigenvalue weighted by molar-refractivity contribution is 0.563. The number of hydrogen-bond donors (Lipinski definition) is 1. The molecule has 0 saturated heterocycles. The SMILES string of the molecule is CC(C)(C)c1ccc(S(C)(=O)=O)c(=O)[nH]1. The highest BCUT2D eigenvalue weighted by Crippen LogP contribution is 2.19. The number of aromatic nitrogens is 1. The molecule has 0 saturated carbocycles. The van der Waals surface area contributed by atoms with E-state index < -0.39 is 15.4 Å². The van der Waals surface area contributed by atoms with E-state index in [4.69, 9.17) is 0 Å². The average Bonchev–Trinajstić information content (AvgIpc) is 1.99. The van der Waals surface area contributed by atoms with Gasteiger partial charge in [0.2, 0.25) is 0 Å². The van der Waals surface area contributed by atoms with Crippen LogP contribution in [0.15, 0.2) is 21.8 Å². The van der Waals surface area contributed by atoms with Crippen LogP contribution < -0.4 is 5.56 Å². The van der Waals surface area contributed by atoms with E-state index in [1.54, 1.807) is 6.07 Å². The van der Waals surface area contributed by atoms with Crippen molar-refractivity contribution < 1.29 is 8.42 Å². The second-order valence-electron chi connectivity index (χ2n) is 4.59. The first kappa shape index (κ1) is 12.0. The monoisotopic (exact) mass is 229 g/mol. The van der Waals surface area contributed by atoms with Crippen molar-refractivity contribution in [3.63, 3.8) is 0 Å². The van der Waals surface area contributed by atoms with Crippen molar-refractivity contribution in [1.82, 2.24) is 4.98 Å². The summed E-state index contributed by atoms with van der Waals surface area (Å²) in [5.74, 6) is 0. The summed E-state index contributed by atoms with van der Waals surface area (Å²) >= 11 is 0. The summed E-state index contributed by atoms with van der Waals surface area (Å²) in [5.41, 5.74) is -0.0281. The van der Waals surface area contributed by atoms with E-state index in [1.807, 2.05) is 20.8 Å². The molecule has 1 aromatic rings. The molecule has 0 bridgehead atoms. The molecule has 1 heterocycles. The van der Waals surface area contributed by atoms with Gasteiger partial charge in [0, 0.05) is 17.4 Å². The molecule has 0 amide bonds. The molecule has 0 radical (unpaired) electrons. The largest absolute Gasteiger partial charge is 0.325 e. The highest BCUT2D eigenvalue weighted by atomic mass is 32.2. The third-order valence-corrected chi connectivity index (χ3v) is 3.20. The van der Waals surface area contributed by atoms with Crippen molar-refractivity contribution in [1.29, 1.82) is 0 Å². The molecule has 0 spiro atoms. The van der Waals surface area contributed by atoms with Crippen molar-refractivity contribution in [2.45, 2.75) is 31.1 Å². The fourth-order valence-corrected chi connectivity index (χ4v) is 1.89. The van der Waals surface area contributed by atoms with Crippen LogP contribution in [0.3, 0.4) is 0 Å². The zero-order valence-corrected chi connectivity index (χ0v) is 10.1. The van der Waals surface area contributed by atoms with Gasteiger partial charge >= 0.3 is 0 Å². The minimum absolute atomic E-state index is 0.185. The zero-order valence-electron chi connectivity index (χ0n) is 9.29. The van der Waals surface area contributed by atoms with Crippen molar-refractivity contribution in [3.05, 3.63) is 28.2 Å². The first-order valence-electron chi connectivity index (χ1n) is 4.56. The van der Waals surface area contributed by atoms with Gasteiger partial charge in [-0.25, -0.2) is 8.42 Å². The Morgan fingerprint density at radius 1 is 1.20 bits per heavy atom. The topological polar surface area (TPSA) is 67.0 Å². The van der Waals surface area contributed by atoms with Gasteiger partial charge in [-0.1, -0.05) is 20.8 Å². The molecule has 4 nitrogen and oxygen atoms in total. The molecule has 1 aromatic heterocycles. The van der Waals surface area contributed by atoms with Crippen LogP contribution in [-0.2, 0) is 15.3 Å². The second-order valence-corrected chi connectivity index (χ2v) is 6.57. The number of sulfone groups is 1. The summed E-state index contributed by atoms with van der Waals surface area (Å²) < 4.78 is 22.4. The summed E-state index contributed by atoms with van der Waals surface area (Å²) in [6.07, 6.45) is 1.02. The van der Waals surface area contributed by atoms with Crippen LogP contribution in [0, 0.1) is 0 Å². The fourth-order valence-electron chi connectivity index (χ4n) is 1.19. The predicted molar refractivity (Wildman–Crippen MR) is 58.9 cm³/mol. The number of aromatic amines is 1. The summed E-state index contributed by atoms with van der Waals surface area (Å²) in [6.45, 7) is 5.83. The Bertz CT molecular complexity index is 520. The summed E-state index contributed by atoms with van der Waals surface area (Å²) in [7, 11) is -3.44. The lowest BCUT2D eigenvalue weighted by Crippen LogP contribution is -2.23. The standard InChI is InChI=1S/C10H15NO3S/c1-10(2,3)8-6-5-7(9(12)11-8)15(4,13)14/h5-6H,1-4H3,(H,11,12). The van der Waals surface area contributed by atoms with Gasteiger partial charge in [-0.2, -0.15) is 0 Å². The highest BCUT2D eigenvalue weighted by Gasteiger charge is 2.18. The van der Waals surface area contributed by atoms with Crippen molar-refractivity contribution in [3.8, 4) is 0 Å². The molecule has 15 heavy (non-hydrogen) atoms. The zero-order chi connectivity index (χ0) is 11.9. The first-order valence-corrected chi connectivity index (χ1v) is 6.45. The lowest BCUT2D eigenvalue weighted by Gasteiger charge is -2.18. The number of nitrogens with one attached hydrogen (secondary N) is 1. The fraction of sp³-hybridized carbons (Fsp3) is 0.500. The summed E-state index contributed by atoms with van der Waals surface area (Å²) in [4.78, 5) is 13.9. The van der Waals surface area contributed by atoms with Gasteiger partial charge in [0.1, 0.15) is 4.90 Å². The van der Waals surface area contributed by atoms with Crippen molar-refractivity contribution >= 4 is 9.84 Å². The summed E-state index contributed by atoms with van der Waals surface area (Å²) in [6, 6.07) is 2.99. The predicted octanol–water partition coefficient (Wildman–Crippen LogP) is 1.08. The Morgan fingerprint density at radius 2 is 1.73 bits per heavy atom. The minimum atomic E-state index is -3.44. The smallest absolute Gasteiger partial charge is 0.266 e. The number of H-pyrrole nitrogens is 1. The first-order chi connectivity index (χ1) is 6.62. The Morgan fingerprint density at radius 3 is 2.07 bits per heavy atom. The van der Waals surface area contributed by atoms with E-state index in [2.05, 4.69) is 4.98 Å². The molecule has 1 rings (SSSR count). The third-order valence-electron chi connectivity index (χ3n) is 2.08. The molecular formula is C10H15NO3S. The lowest BCUT2D eigenvalue weighted by atomic mass is 9.92. The van der Waals surface area contributed by atoms with Crippen LogP contribution >= 0.6 is 0 Å². The normalized spacial score (nSPS) is 12.8. The maximum Gasteiger partial charge on any atom is 0.266 e. The van der Waals surface area contributed by atoms with Crippen molar-refractivity contribution in [2.24, 2.45) is 0 Å². The van der Waals surface area contributed by atoms with Crippen LogP contribution in [0.5, 0.6) is 0 Å². The molecule has 0 aliphatic carbocycles. The molecule has 0 fully saturated rings. The van der Waals surface area contributed by atoms with Crippen LogP contribution in [0.25, 0.3) is 0 Å². The van der Waals surface area contributed by atoms with E-state index in [0.717, 1.165) is 11.9 Å². The van der Waals surface area contributed by atoms with E-state index in [1.165, 1.54) is 6.07 Å². The van der Waals surface area contributed by atoms with Gasteiger partial charge in [-0.15, -0.1) is 0 Å². The van der Waals surface area contributed by atoms with Gasteiger partial charge < -0.3 is 4.98 Å². The van der Waals surface area contributed by atoms with E-state index in [-0.39, 0.29) is 10.3 Å². The van der Waals surface area contributed by atoms with E-state index >= 15 is 0 Å². The molecule has 0 aliphatic heterocycles. The quantitative estimate of drug-likeness (QED) is 0.783. The second kappa shape index (κ2) is 3.48. The summed E-state index contributed by atoms with van der Waals surface area (Å²) in [5, 5.41) is 0. The molecule has 84 valence electrons. The van der Waals surface area contributed by atoms with E-state index in [9.17, 15) is 13.2 Å². The van der Waals surface area contributed by atoms with Crippen LogP contribution in [0.2, 0.25) is 0 Å². The number of pyridine rings is 1. The Kier molecular flexibility index (Phi) is 2.78. The van der Waals surface area contributed by atoms with Gasteiger partial charge in [0.25, 0.3) is 5.56 Å². The molecule has 0 atom stereocenters. The molecular weight excluding hydrogens is 214 g/mol. The Labute approximate surface area is 89.3 Å². The molecule has 1 N–H and O–H groups in total. The van der Waals surface area contributed by atoms with Gasteiger partial charge in [-0.05, 0) is 12.1 Å². The Hall–Kier alpha value is -1.10. The van der Waals surface area contributed by atoms with Gasteiger partial charge in [-0.3, -0.25) is 4.79 Å². The maximum absolute atomic E-state index is 11.5. The third kappa shape index (κ3) is 2.68. The molecule has 5 heteroatoms. The van der Waals surface area contributed by atoms with Crippen LogP contribution in [-0.4, -0.2) is 19.7 Å². The van der Waals surface area contributed by atoms with Crippen LogP contribution in [0.4, 0.5) is 0 Å². The molecule has 0 aliphatic rings. The minimum Gasteiger partial charge on any atom is -0.325 e. The van der Waals surface area contributed by atoms with Crippen LogP contribution in [0.1, 0.15) is 26.5 Å². The highest BCUT2D eigenvalue weighted by molar-refractivity contribution is 7.90. The molecule has 0 unspecified atom stereocenters. The van der Waals surface area contributed by atoms with Gasteiger partial charge in [0.15, 0.2) is 9.84 Å². The Balaban J connectivity index is 3.41. The number of rotatable bonds is 1. The van der Waals surface area contributed by atoms with E-state index in [0.29, 0.717) is 0 Å². The molecule has 0 aromatic carbocycles. The number of hydrogen-bond acceptors (Lipinski definition) is 3. The average molecular weight is 229 g/mol. The van der Waals surface area contributed by atoms with Gasteiger partial charge in [0.05, 0.1) is 0 Å².